The van der Waals surface area contributed by atoms with Crippen molar-refractivity contribution in [2.24, 2.45) is 0 Å². The maximum absolute atomic E-state index is 11.3. The SMILES string of the molecule is CC(=O)CC(=O)OCCCCCCCC(c1ccccc1)c1ccccc1. The second-order valence-electron chi connectivity index (χ2n) is 7.03. The van der Waals surface area contributed by atoms with Gasteiger partial charge >= 0.3 is 5.97 Å². The lowest BCUT2D eigenvalue weighted by Crippen LogP contribution is -2.09. The van der Waals surface area contributed by atoms with Gasteiger partial charge in [0.25, 0.3) is 0 Å². The molecule has 3 nitrogen and oxygen atoms in total. The Morgan fingerprint density at radius 2 is 1.30 bits per heavy atom. The van der Waals surface area contributed by atoms with Crippen molar-refractivity contribution in [3.05, 3.63) is 71.8 Å². The molecular formula is C24H30O3. The first-order chi connectivity index (χ1) is 13.2. The number of ketones is 1. The van der Waals surface area contributed by atoms with E-state index >= 15 is 0 Å². The van der Waals surface area contributed by atoms with Crippen molar-refractivity contribution in [1.82, 2.24) is 0 Å². The Morgan fingerprint density at radius 1 is 0.778 bits per heavy atom. The molecule has 0 fully saturated rings. The fourth-order valence-corrected chi connectivity index (χ4v) is 3.32. The molecule has 0 saturated heterocycles. The standard InChI is InChI=1S/C24H30O3/c1-20(25)19-24(26)27-18-12-4-2-3-11-17-23(21-13-7-5-8-14-21)22-15-9-6-10-16-22/h5-10,13-16,23H,2-4,11-12,17-19H2,1H3. The number of carbonyl (C=O) groups is 2. The van der Waals surface area contributed by atoms with E-state index in [-0.39, 0.29) is 12.2 Å². The number of hydrogen-bond acceptors (Lipinski definition) is 3. The molecule has 144 valence electrons. The van der Waals surface area contributed by atoms with Crippen molar-refractivity contribution in [2.75, 3.05) is 6.61 Å². The molecule has 0 radical (unpaired) electrons. The van der Waals surface area contributed by atoms with Gasteiger partial charge in [0.1, 0.15) is 12.2 Å². The summed E-state index contributed by atoms with van der Waals surface area (Å²) in [7, 11) is 0. The lowest BCUT2D eigenvalue weighted by Gasteiger charge is -2.18. The molecule has 0 bridgehead atoms. The molecular weight excluding hydrogens is 336 g/mol. The van der Waals surface area contributed by atoms with Gasteiger partial charge in [-0.2, -0.15) is 0 Å². The van der Waals surface area contributed by atoms with Gasteiger partial charge in [-0.25, -0.2) is 0 Å². The van der Waals surface area contributed by atoms with Gasteiger partial charge in [-0.3, -0.25) is 9.59 Å². The van der Waals surface area contributed by atoms with Crippen LogP contribution in [0.2, 0.25) is 0 Å². The molecule has 0 aliphatic carbocycles. The number of Topliss-reactive ketones (excluding diaryl/α,β-unsaturated/α-hetero) is 1. The number of carbonyl (C=O) groups excluding carboxylic acids is 2. The third kappa shape index (κ3) is 8.21. The van der Waals surface area contributed by atoms with Crippen molar-refractivity contribution in [1.29, 1.82) is 0 Å². The van der Waals surface area contributed by atoms with E-state index < -0.39 is 5.97 Å². The molecule has 0 unspecified atom stereocenters. The summed E-state index contributed by atoms with van der Waals surface area (Å²) in [6, 6.07) is 21.4. The van der Waals surface area contributed by atoms with Gasteiger partial charge in [0.2, 0.25) is 0 Å². The predicted molar refractivity (Wildman–Crippen MR) is 109 cm³/mol. The number of ether oxygens (including phenoxy) is 1. The van der Waals surface area contributed by atoms with Crippen molar-refractivity contribution >= 4 is 11.8 Å². The Kier molecular flexibility index (Phi) is 9.33. The van der Waals surface area contributed by atoms with E-state index in [1.807, 2.05) is 0 Å². The van der Waals surface area contributed by atoms with Crippen LogP contribution < -0.4 is 0 Å². The van der Waals surface area contributed by atoms with E-state index in [4.69, 9.17) is 4.74 Å². The Labute approximate surface area is 162 Å². The first-order valence-electron chi connectivity index (χ1n) is 9.92. The number of hydrogen-bond donors (Lipinski definition) is 0. The van der Waals surface area contributed by atoms with Gasteiger partial charge in [0.05, 0.1) is 6.61 Å². The first kappa shape index (κ1) is 20.9. The zero-order valence-electron chi connectivity index (χ0n) is 16.2. The molecule has 2 aromatic carbocycles. The summed E-state index contributed by atoms with van der Waals surface area (Å²) >= 11 is 0. The zero-order valence-corrected chi connectivity index (χ0v) is 16.2. The van der Waals surface area contributed by atoms with Crippen LogP contribution >= 0.6 is 0 Å². The summed E-state index contributed by atoms with van der Waals surface area (Å²) in [5.41, 5.74) is 2.75. The lowest BCUT2D eigenvalue weighted by atomic mass is 9.87. The van der Waals surface area contributed by atoms with Crippen LogP contribution in [-0.2, 0) is 14.3 Å². The Bertz CT molecular complexity index is 640. The summed E-state index contributed by atoms with van der Waals surface area (Å²) in [5.74, 6) is -0.109. The molecule has 0 heterocycles. The van der Waals surface area contributed by atoms with Crippen LogP contribution in [0.1, 0.15) is 68.9 Å². The molecule has 0 saturated carbocycles. The topological polar surface area (TPSA) is 43.4 Å². The van der Waals surface area contributed by atoms with Gasteiger partial charge in [-0.1, -0.05) is 86.3 Å². The highest BCUT2D eigenvalue weighted by Gasteiger charge is 2.13. The molecule has 0 atom stereocenters. The third-order valence-electron chi connectivity index (χ3n) is 4.70. The maximum atomic E-state index is 11.3. The summed E-state index contributed by atoms with van der Waals surface area (Å²) < 4.78 is 5.05. The highest BCUT2D eigenvalue weighted by molar-refractivity contribution is 5.94. The van der Waals surface area contributed by atoms with Crippen molar-refractivity contribution in [3.8, 4) is 0 Å². The van der Waals surface area contributed by atoms with Crippen LogP contribution in [-0.4, -0.2) is 18.4 Å². The van der Waals surface area contributed by atoms with E-state index in [1.165, 1.54) is 30.9 Å². The number of benzene rings is 2. The monoisotopic (exact) mass is 366 g/mol. The smallest absolute Gasteiger partial charge is 0.313 e. The zero-order chi connectivity index (χ0) is 19.3. The lowest BCUT2D eigenvalue weighted by molar-refractivity contribution is -0.145. The first-order valence-corrected chi connectivity index (χ1v) is 9.92. The fourth-order valence-electron chi connectivity index (χ4n) is 3.32. The molecule has 0 amide bonds. The Balaban J connectivity index is 1.68. The minimum Gasteiger partial charge on any atom is -0.465 e. The van der Waals surface area contributed by atoms with Crippen LogP contribution in [0.15, 0.2) is 60.7 Å². The van der Waals surface area contributed by atoms with Crippen LogP contribution in [0.5, 0.6) is 0 Å². The van der Waals surface area contributed by atoms with Gasteiger partial charge in [-0.05, 0) is 30.9 Å². The predicted octanol–water partition coefficient (Wildman–Crippen LogP) is 5.68. The van der Waals surface area contributed by atoms with Gasteiger partial charge in [0, 0.05) is 5.92 Å². The summed E-state index contributed by atoms with van der Waals surface area (Å²) in [4.78, 5) is 22.1. The normalized spacial score (nSPS) is 10.7. The summed E-state index contributed by atoms with van der Waals surface area (Å²) in [5, 5.41) is 0. The molecule has 0 aromatic heterocycles. The molecule has 0 aliphatic heterocycles. The van der Waals surface area contributed by atoms with Crippen molar-refractivity contribution in [2.45, 2.75) is 57.8 Å². The fraction of sp³-hybridized carbons (Fsp3) is 0.417. The molecule has 2 rings (SSSR count). The van der Waals surface area contributed by atoms with Crippen LogP contribution in [0.3, 0.4) is 0 Å². The largest absolute Gasteiger partial charge is 0.465 e. The van der Waals surface area contributed by atoms with Crippen LogP contribution in [0.4, 0.5) is 0 Å². The average Bonchev–Trinajstić information content (AvgIpc) is 2.67. The summed E-state index contributed by atoms with van der Waals surface area (Å²) in [6.45, 7) is 1.82. The molecule has 0 aliphatic rings. The van der Waals surface area contributed by atoms with E-state index in [2.05, 4.69) is 60.7 Å². The van der Waals surface area contributed by atoms with E-state index in [9.17, 15) is 9.59 Å². The van der Waals surface area contributed by atoms with Gasteiger partial charge in [0.15, 0.2) is 0 Å². The number of unbranched alkanes of at least 4 members (excludes halogenated alkanes) is 4. The highest BCUT2D eigenvalue weighted by atomic mass is 16.5. The van der Waals surface area contributed by atoms with E-state index in [0.29, 0.717) is 12.5 Å². The van der Waals surface area contributed by atoms with E-state index in [0.717, 1.165) is 25.7 Å². The molecule has 3 heteroatoms. The average molecular weight is 367 g/mol. The quantitative estimate of drug-likeness (QED) is 0.276. The second kappa shape index (κ2) is 12.1. The minimum absolute atomic E-state index is 0.111. The number of esters is 1. The van der Waals surface area contributed by atoms with Gasteiger partial charge in [-0.15, -0.1) is 0 Å². The van der Waals surface area contributed by atoms with Crippen molar-refractivity contribution < 1.29 is 14.3 Å². The van der Waals surface area contributed by atoms with E-state index in [1.54, 1.807) is 0 Å². The minimum atomic E-state index is -0.406. The molecule has 27 heavy (non-hydrogen) atoms. The highest BCUT2D eigenvalue weighted by Crippen LogP contribution is 2.29. The molecule has 2 aromatic rings. The molecule has 0 N–H and O–H groups in total. The molecule has 0 spiro atoms. The van der Waals surface area contributed by atoms with Gasteiger partial charge < -0.3 is 4.74 Å². The van der Waals surface area contributed by atoms with Crippen LogP contribution in [0.25, 0.3) is 0 Å². The second-order valence-corrected chi connectivity index (χ2v) is 7.03. The third-order valence-corrected chi connectivity index (χ3v) is 4.70. The Hall–Kier alpha value is -2.42. The Morgan fingerprint density at radius 3 is 1.85 bits per heavy atom. The number of rotatable bonds is 12. The maximum Gasteiger partial charge on any atom is 0.313 e. The summed E-state index contributed by atoms with van der Waals surface area (Å²) in [6.07, 6.45) is 6.44. The van der Waals surface area contributed by atoms with Crippen molar-refractivity contribution in [3.63, 3.8) is 0 Å². The van der Waals surface area contributed by atoms with Crippen LogP contribution in [0, 0.1) is 0 Å².